The summed E-state index contributed by atoms with van der Waals surface area (Å²) in [5.74, 6) is -0.846. The highest BCUT2D eigenvalue weighted by molar-refractivity contribution is 7.84. The Labute approximate surface area is 135 Å². The van der Waals surface area contributed by atoms with Gasteiger partial charge in [-0.05, 0) is 38.0 Å². The Morgan fingerprint density at radius 3 is 2.82 bits per heavy atom. The number of thiol groups is 1. The van der Waals surface area contributed by atoms with Gasteiger partial charge in [-0.15, -0.1) is 12.6 Å². The highest BCUT2D eigenvalue weighted by Gasteiger charge is 2.34. The van der Waals surface area contributed by atoms with Gasteiger partial charge in [0, 0.05) is 18.3 Å². The summed E-state index contributed by atoms with van der Waals surface area (Å²) in [7, 11) is 0. The van der Waals surface area contributed by atoms with E-state index in [2.05, 4.69) is 29.0 Å². The summed E-state index contributed by atoms with van der Waals surface area (Å²) in [5.41, 5.74) is 2.34. The summed E-state index contributed by atoms with van der Waals surface area (Å²) >= 11 is 4.34. The molecule has 1 aromatic rings. The minimum Gasteiger partial charge on any atom is -0.460 e. The quantitative estimate of drug-likeness (QED) is 0.662. The van der Waals surface area contributed by atoms with Gasteiger partial charge in [0.2, 0.25) is 0 Å². The molecule has 5 nitrogen and oxygen atoms in total. The first-order valence-electron chi connectivity index (χ1n) is 6.87. The van der Waals surface area contributed by atoms with Crippen LogP contribution >= 0.6 is 12.6 Å². The van der Waals surface area contributed by atoms with Crippen molar-refractivity contribution in [1.29, 1.82) is 5.26 Å². The van der Waals surface area contributed by atoms with E-state index in [-0.39, 0.29) is 6.10 Å². The summed E-state index contributed by atoms with van der Waals surface area (Å²) in [6, 6.07) is 5.76. The highest BCUT2D eigenvalue weighted by Crippen LogP contribution is 2.38. The van der Waals surface area contributed by atoms with E-state index < -0.39 is 11.9 Å². The van der Waals surface area contributed by atoms with Gasteiger partial charge in [0.1, 0.15) is 11.8 Å². The van der Waals surface area contributed by atoms with Crippen LogP contribution in [0, 0.1) is 11.3 Å². The monoisotopic (exact) mass is 315 g/mol. The molecule has 114 valence electrons. The van der Waals surface area contributed by atoms with Crippen molar-refractivity contribution in [3.63, 3.8) is 0 Å². The fourth-order valence-corrected chi connectivity index (χ4v) is 2.69. The molecule has 0 radical (unpaired) electrons. The first-order chi connectivity index (χ1) is 10.5. The zero-order valence-corrected chi connectivity index (χ0v) is 13.5. The predicted octanol–water partition coefficient (Wildman–Crippen LogP) is 2.66. The molecule has 0 spiro atoms. The minimum absolute atomic E-state index is 0.239. The van der Waals surface area contributed by atoms with Crippen LogP contribution in [0.2, 0.25) is 0 Å². The van der Waals surface area contributed by atoms with Crippen molar-refractivity contribution in [2.24, 2.45) is 0 Å². The first kappa shape index (κ1) is 16.1. The molecule has 1 N–H and O–H groups in total. The van der Waals surface area contributed by atoms with Crippen molar-refractivity contribution >= 4 is 18.6 Å². The first-order valence-corrected chi connectivity index (χ1v) is 7.32. The zero-order chi connectivity index (χ0) is 16.3. The maximum Gasteiger partial charge on any atom is 0.337 e. The van der Waals surface area contributed by atoms with Gasteiger partial charge in [-0.25, -0.2) is 4.79 Å². The fraction of sp³-hybridized carbons (Fsp3) is 0.312. The molecule has 0 saturated heterocycles. The maximum atomic E-state index is 12.4. The van der Waals surface area contributed by atoms with Crippen LogP contribution in [-0.4, -0.2) is 17.1 Å². The van der Waals surface area contributed by atoms with Gasteiger partial charge < -0.3 is 10.1 Å². The molecule has 22 heavy (non-hydrogen) atoms. The maximum absolute atomic E-state index is 12.4. The number of nitriles is 1. The van der Waals surface area contributed by atoms with Crippen molar-refractivity contribution in [3.05, 3.63) is 52.0 Å². The summed E-state index contributed by atoms with van der Waals surface area (Å²) in [6.45, 7) is 5.39. The molecule has 0 fully saturated rings. The van der Waals surface area contributed by atoms with E-state index in [1.807, 2.05) is 13.0 Å². The van der Waals surface area contributed by atoms with E-state index in [9.17, 15) is 10.1 Å². The molecule has 1 aliphatic heterocycles. The fourth-order valence-electron chi connectivity index (χ4n) is 2.35. The van der Waals surface area contributed by atoms with Crippen LogP contribution in [0.5, 0.6) is 0 Å². The van der Waals surface area contributed by atoms with Gasteiger partial charge >= 0.3 is 5.97 Å². The number of hydrogen-bond donors (Lipinski definition) is 2. The summed E-state index contributed by atoms with van der Waals surface area (Å²) in [4.78, 5) is 16.5. The second kappa shape index (κ2) is 6.67. The Morgan fingerprint density at radius 1 is 1.55 bits per heavy atom. The van der Waals surface area contributed by atoms with E-state index in [0.717, 1.165) is 11.1 Å². The van der Waals surface area contributed by atoms with Crippen LogP contribution in [0.25, 0.3) is 0 Å². The highest BCUT2D eigenvalue weighted by atomic mass is 32.1. The molecular formula is C16H17N3O2S. The lowest BCUT2D eigenvalue weighted by Gasteiger charge is -2.28. The number of nitrogens with one attached hydrogen (secondary N) is 1. The Morgan fingerprint density at radius 2 is 2.27 bits per heavy atom. The number of rotatable bonds is 3. The smallest absolute Gasteiger partial charge is 0.337 e. The minimum atomic E-state index is -0.447. The third kappa shape index (κ3) is 3.15. The average molecular weight is 315 g/mol. The number of aromatic nitrogens is 1. The second-order valence-electron chi connectivity index (χ2n) is 5.23. The molecule has 0 aromatic carbocycles. The standard InChI is InChI=1S/C16H17N3O2S/c1-9(2)21-16(20)14-13(11-5-4-6-18-8-11)10(3)12(7-17)19-15(14)22/h4-6,8-9,13,19,22H,1-3H3. The second-order valence-corrected chi connectivity index (χ2v) is 5.68. The van der Waals surface area contributed by atoms with E-state index >= 15 is 0 Å². The zero-order valence-electron chi connectivity index (χ0n) is 12.6. The molecule has 2 rings (SSSR count). The van der Waals surface area contributed by atoms with Crippen molar-refractivity contribution in [3.8, 4) is 6.07 Å². The number of esters is 1. The average Bonchev–Trinajstić information content (AvgIpc) is 2.48. The molecule has 1 aromatic heterocycles. The van der Waals surface area contributed by atoms with Crippen LogP contribution < -0.4 is 5.32 Å². The SMILES string of the molecule is CC1=C(C#N)NC(S)=C(C(=O)OC(C)C)C1c1cccnc1. The van der Waals surface area contributed by atoms with E-state index in [4.69, 9.17) is 4.74 Å². The largest absolute Gasteiger partial charge is 0.460 e. The molecule has 1 atom stereocenters. The van der Waals surface area contributed by atoms with Crippen molar-refractivity contribution in [2.75, 3.05) is 0 Å². The molecule has 2 heterocycles. The van der Waals surface area contributed by atoms with E-state index in [1.54, 1.807) is 32.3 Å². The molecular weight excluding hydrogens is 298 g/mol. The van der Waals surface area contributed by atoms with Crippen molar-refractivity contribution in [2.45, 2.75) is 32.8 Å². The molecule has 0 bridgehead atoms. The number of hydrogen-bond acceptors (Lipinski definition) is 6. The number of dihydropyridines is 1. The van der Waals surface area contributed by atoms with Gasteiger partial charge in [0.05, 0.1) is 16.7 Å². The lowest BCUT2D eigenvalue weighted by molar-refractivity contribution is -0.143. The Balaban J connectivity index is 2.54. The number of ether oxygens (including phenoxy) is 1. The summed E-state index contributed by atoms with van der Waals surface area (Å²) in [5, 5.41) is 12.5. The number of carbonyl (C=O) groups is 1. The van der Waals surface area contributed by atoms with Gasteiger partial charge in [0.25, 0.3) is 0 Å². The Kier molecular flexibility index (Phi) is 4.88. The molecule has 1 unspecified atom stereocenters. The number of pyridine rings is 1. The van der Waals surface area contributed by atoms with Gasteiger partial charge in [-0.1, -0.05) is 6.07 Å². The normalized spacial score (nSPS) is 18.1. The number of allylic oxidation sites excluding steroid dienone is 2. The number of carbonyl (C=O) groups excluding carboxylic acids is 1. The van der Waals surface area contributed by atoms with E-state index in [1.165, 1.54) is 0 Å². The van der Waals surface area contributed by atoms with Crippen LogP contribution in [0.1, 0.15) is 32.3 Å². The van der Waals surface area contributed by atoms with E-state index in [0.29, 0.717) is 16.3 Å². The third-order valence-electron chi connectivity index (χ3n) is 3.31. The van der Waals surface area contributed by atoms with Crippen LogP contribution in [0.15, 0.2) is 46.4 Å². The lowest BCUT2D eigenvalue weighted by Crippen LogP contribution is -2.29. The Hall–Kier alpha value is -2.26. The molecule has 0 aliphatic carbocycles. The van der Waals surface area contributed by atoms with Gasteiger partial charge in [0.15, 0.2) is 0 Å². The van der Waals surface area contributed by atoms with Crippen molar-refractivity contribution in [1.82, 2.24) is 10.3 Å². The number of nitrogens with zero attached hydrogens (tertiary/aromatic N) is 2. The summed E-state index contributed by atoms with van der Waals surface area (Å²) in [6.07, 6.45) is 3.10. The topological polar surface area (TPSA) is 75.0 Å². The third-order valence-corrected chi connectivity index (χ3v) is 3.66. The van der Waals surface area contributed by atoms with Gasteiger partial charge in [-0.2, -0.15) is 5.26 Å². The molecule has 6 heteroatoms. The van der Waals surface area contributed by atoms with Crippen molar-refractivity contribution < 1.29 is 9.53 Å². The molecule has 0 saturated carbocycles. The van der Waals surface area contributed by atoms with Crippen LogP contribution in [-0.2, 0) is 9.53 Å². The van der Waals surface area contributed by atoms with Crippen LogP contribution in [0.4, 0.5) is 0 Å². The predicted molar refractivity (Wildman–Crippen MR) is 85.7 cm³/mol. The van der Waals surface area contributed by atoms with Gasteiger partial charge in [-0.3, -0.25) is 4.98 Å². The molecule has 0 amide bonds. The lowest BCUT2D eigenvalue weighted by atomic mass is 9.83. The Bertz CT molecular complexity index is 687. The molecule has 1 aliphatic rings. The summed E-state index contributed by atoms with van der Waals surface area (Å²) < 4.78 is 5.32. The van der Waals surface area contributed by atoms with Crippen LogP contribution in [0.3, 0.4) is 0 Å².